The van der Waals surface area contributed by atoms with Crippen LogP contribution in [0.2, 0.25) is 0 Å². The highest BCUT2D eigenvalue weighted by Crippen LogP contribution is 2.58. The molecule has 0 saturated carbocycles. The van der Waals surface area contributed by atoms with E-state index in [1.54, 1.807) is 12.1 Å². The number of phosphoric acid groups is 1. The van der Waals surface area contributed by atoms with Crippen LogP contribution in [-0.2, 0) is 24.6 Å². The van der Waals surface area contributed by atoms with Crippen LogP contribution < -0.4 is 0 Å². The minimum atomic E-state index is -4.52. The predicted octanol–water partition coefficient (Wildman–Crippen LogP) is 1.53. The normalized spacial score (nSPS) is 18.7. The summed E-state index contributed by atoms with van der Waals surface area (Å²) >= 11 is 0. The van der Waals surface area contributed by atoms with Gasteiger partial charge in [0.25, 0.3) is 0 Å². The molecule has 0 aromatic carbocycles. The summed E-state index contributed by atoms with van der Waals surface area (Å²) in [5.41, 5.74) is 0.546. The Bertz CT molecular complexity index is 430. The first-order valence-corrected chi connectivity index (χ1v) is 7.68. The third kappa shape index (κ3) is 5.51. The van der Waals surface area contributed by atoms with E-state index in [9.17, 15) is 9.13 Å². The van der Waals surface area contributed by atoms with E-state index in [4.69, 9.17) is 9.79 Å². The lowest BCUT2D eigenvalue weighted by atomic mass is 10.3. The van der Waals surface area contributed by atoms with Crippen molar-refractivity contribution in [3.63, 3.8) is 0 Å². The second-order valence-electron chi connectivity index (χ2n) is 2.99. The smallest absolute Gasteiger partial charge is 0.324 e. The number of hydrogen-bond donors (Lipinski definition) is 2. The Hall–Kier alpha value is -0.550. The number of rotatable bonds is 5. The summed E-state index contributed by atoms with van der Waals surface area (Å²) in [6.07, 6.45) is 2.97. The van der Waals surface area contributed by atoms with E-state index in [1.165, 1.54) is 12.4 Å². The Balaban J connectivity index is 2.55. The van der Waals surface area contributed by atoms with Gasteiger partial charge < -0.3 is 9.79 Å². The monoisotopic (exact) mass is 267 g/mol. The molecule has 0 aliphatic rings. The second kappa shape index (κ2) is 5.19. The first-order valence-electron chi connectivity index (χ1n) is 4.16. The molecule has 90 valence electrons. The molecule has 7 nitrogen and oxygen atoms in total. The van der Waals surface area contributed by atoms with Gasteiger partial charge in [-0.3, -0.25) is 14.1 Å². The van der Waals surface area contributed by atoms with E-state index in [2.05, 4.69) is 13.8 Å². The van der Waals surface area contributed by atoms with Gasteiger partial charge in [-0.2, -0.15) is 0 Å². The molecule has 1 rings (SSSR count). The molecule has 0 spiro atoms. The average molecular weight is 267 g/mol. The Labute approximate surface area is 92.2 Å². The van der Waals surface area contributed by atoms with Gasteiger partial charge in [-0.05, 0) is 11.6 Å². The van der Waals surface area contributed by atoms with Crippen LogP contribution in [0.25, 0.3) is 0 Å². The summed E-state index contributed by atoms with van der Waals surface area (Å²) in [4.78, 5) is 21.6. The first-order chi connectivity index (χ1) is 7.29. The van der Waals surface area contributed by atoms with Crippen molar-refractivity contribution in [2.24, 2.45) is 0 Å². The fourth-order valence-electron chi connectivity index (χ4n) is 0.855. The highest BCUT2D eigenvalue weighted by Gasteiger charge is 2.29. The van der Waals surface area contributed by atoms with Gasteiger partial charge >= 0.3 is 15.4 Å². The third-order valence-electron chi connectivity index (χ3n) is 1.37. The van der Waals surface area contributed by atoms with Gasteiger partial charge in [0.2, 0.25) is 0 Å². The lowest BCUT2D eigenvalue weighted by Gasteiger charge is -2.13. The molecule has 0 bridgehead atoms. The lowest BCUT2D eigenvalue weighted by Crippen LogP contribution is -1.94. The maximum atomic E-state index is 11.2. The van der Waals surface area contributed by atoms with Crippen LogP contribution in [0.4, 0.5) is 0 Å². The maximum absolute atomic E-state index is 11.2. The number of nitrogens with zero attached hydrogens (tertiary/aromatic N) is 1. The van der Waals surface area contributed by atoms with Crippen molar-refractivity contribution in [1.29, 1.82) is 0 Å². The zero-order chi connectivity index (χ0) is 12.2. The van der Waals surface area contributed by atoms with Crippen molar-refractivity contribution < 1.29 is 27.8 Å². The van der Waals surface area contributed by atoms with Gasteiger partial charge in [0.1, 0.15) is 0 Å². The zero-order valence-corrected chi connectivity index (χ0v) is 10.2. The lowest BCUT2D eigenvalue weighted by molar-refractivity contribution is 0.189. The molecular formula is C7H11NO6P2. The average Bonchev–Trinajstić information content (AvgIpc) is 2.13. The minimum absolute atomic E-state index is 0.235. The van der Waals surface area contributed by atoms with E-state index in [0.29, 0.717) is 5.56 Å². The minimum Gasteiger partial charge on any atom is -0.324 e. The Morgan fingerprint density at radius 1 is 1.44 bits per heavy atom. The van der Waals surface area contributed by atoms with E-state index in [-0.39, 0.29) is 6.61 Å². The summed E-state index contributed by atoms with van der Waals surface area (Å²) < 4.78 is 30.4. The van der Waals surface area contributed by atoms with Gasteiger partial charge in [-0.15, -0.1) is 0 Å². The van der Waals surface area contributed by atoms with E-state index in [0.717, 1.165) is 6.66 Å². The molecule has 0 amide bonds. The molecule has 0 radical (unpaired) electrons. The molecule has 2 unspecified atom stereocenters. The van der Waals surface area contributed by atoms with Gasteiger partial charge in [0.15, 0.2) is 0 Å². The number of pyridine rings is 1. The SMILES string of the molecule is CP(=O)(O)OP(=O)(O)OCc1cccnc1. The molecule has 1 heterocycles. The fraction of sp³-hybridized carbons (Fsp3) is 0.286. The Kier molecular flexibility index (Phi) is 4.38. The largest absolute Gasteiger partial charge is 0.479 e. The van der Waals surface area contributed by atoms with Crippen molar-refractivity contribution >= 4 is 15.4 Å². The van der Waals surface area contributed by atoms with Crippen LogP contribution in [0.3, 0.4) is 0 Å². The molecule has 2 atom stereocenters. The summed E-state index contributed by atoms with van der Waals surface area (Å²) in [6.45, 7) is 0.560. The standard InChI is InChI=1S/C7H11NO6P2/c1-15(9,10)14-16(11,12)13-6-7-3-2-4-8-5-7/h2-5H,6H2,1H3,(H,9,10)(H,11,12). The summed E-state index contributed by atoms with van der Waals surface area (Å²) in [5, 5.41) is 0. The van der Waals surface area contributed by atoms with Crippen LogP contribution in [0.5, 0.6) is 0 Å². The molecule has 9 heteroatoms. The molecule has 0 aliphatic heterocycles. The van der Waals surface area contributed by atoms with Gasteiger partial charge in [0, 0.05) is 19.1 Å². The van der Waals surface area contributed by atoms with Crippen LogP contribution in [0, 0.1) is 0 Å². The van der Waals surface area contributed by atoms with Crippen LogP contribution >= 0.6 is 15.4 Å². The first kappa shape index (κ1) is 13.5. The zero-order valence-electron chi connectivity index (χ0n) is 8.39. The molecule has 2 N–H and O–H groups in total. The van der Waals surface area contributed by atoms with Gasteiger partial charge in [-0.25, -0.2) is 8.88 Å². The third-order valence-corrected chi connectivity index (χ3v) is 3.86. The fourth-order valence-corrected chi connectivity index (χ4v) is 2.89. The van der Waals surface area contributed by atoms with Crippen molar-refractivity contribution in [2.75, 3.05) is 6.66 Å². The van der Waals surface area contributed by atoms with Crippen LogP contribution in [-0.4, -0.2) is 21.4 Å². The van der Waals surface area contributed by atoms with Crippen LogP contribution in [0.1, 0.15) is 5.56 Å². The van der Waals surface area contributed by atoms with Crippen LogP contribution in [0.15, 0.2) is 24.5 Å². The highest BCUT2D eigenvalue weighted by atomic mass is 31.3. The number of hydrogen-bond acceptors (Lipinski definition) is 5. The summed E-state index contributed by atoms with van der Waals surface area (Å²) in [5.74, 6) is 0. The van der Waals surface area contributed by atoms with Crippen molar-refractivity contribution in [1.82, 2.24) is 4.98 Å². The van der Waals surface area contributed by atoms with Crippen molar-refractivity contribution in [2.45, 2.75) is 6.61 Å². The molecule has 16 heavy (non-hydrogen) atoms. The van der Waals surface area contributed by atoms with Gasteiger partial charge in [-0.1, -0.05) is 6.07 Å². The Morgan fingerprint density at radius 3 is 2.62 bits per heavy atom. The summed E-state index contributed by atoms with van der Waals surface area (Å²) in [7, 11) is -8.58. The Morgan fingerprint density at radius 2 is 2.12 bits per heavy atom. The number of aromatic nitrogens is 1. The maximum Gasteiger partial charge on any atom is 0.479 e. The highest BCUT2D eigenvalue weighted by molar-refractivity contribution is 7.63. The second-order valence-corrected chi connectivity index (χ2v) is 6.44. The van der Waals surface area contributed by atoms with E-state index < -0.39 is 15.4 Å². The molecule has 0 aliphatic carbocycles. The van der Waals surface area contributed by atoms with Gasteiger partial charge in [0.05, 0.1) is 6.61 Å². The van der Waals surface area contributed by atoms with Crippen molar-refractivity contribution in [3.05, 3.63) is 30.1 Å². The predicted molar refractivity (Wildman–Crippen MR) is 55.7 cm³/mol. The quantitative estimate of drug-likeness (QED) is 0.779. The summed E-state index contributed by atoms with van der Waals surface area (Å²) in [6, 6.07) is 3.25. The molecular weight excluding hydrogens is 256 g/mol. The van der Waals surface area contributed by atoms with E-state index in [1.807, 2.05) is 0 Å². The van der Waals surface area contributed by atoms with Crippen molar-refractivity contribution in [3.8, 4) is 0 Å². The number of phosphoric ester groups is 1. The van der Waals surface area contributed by atoms with E-state index >= 15 is 0 Å². The molecule has 1 aromatic rings. The molecule has 1 aromatic heterocycles. The molecule has 0 saturated heterocycles. The topological polar surface area (TPSA) is 106 Å². The molecule has 0 fully saturated rings.